The lowest BCUT2D eigenvalue weighted by Crippen LogP contribution is -2.38. The van der Waals surface area contributed by atoms with Crippen LogP contribution in [0.1, 0.15) is 114 Å². The van der Waals surface area contributed by atoms with Crippen molar-refractivity contribution in [3.8, 4) is 0 Å². The van der Waals surface area contributed by atoms with Crippen LogP contribution in [0.25, 0.3) is 0 Å². The summed E-state index contributed by atoms with van der Waals surface area (Å²) in [7, 11) is 2.13. The number of carbonyl (C=O) groups is 1. The average molecular weight is 429 g/mol. The predicted molar refractivity (Wildman–Crippen MR) is 135 cm³/mol. The molecule has 1 heterocycles. The largest absolute Gasteiger partial charge is 0.372 e. The van der Waals surface area contributed by atoms with Gasteiger partial charge in [0.1, 0.15) is 0 Å². The molecule has 0 amide bonds. The standard InChI is InChI=1S/C28H48N2O/c1-4-6-7-8-9-10-11-12-13-15-22-29(3)27(5-2)28(31)25-18-20-26(21-19-25)30-23-16-14-17-24-30/h18-21,27H,4-17,22-24H2,1-3H3. The second kappa shape index (κ2) is 15.5. The molecular formula is C28H48N2O. The maximum Gasteiger partial charge on any atom is 0.179 e. The van der Waals surface area contributed by atoms with E-state index in [0.717, 1.165) is 31.6 Å². The zero-order chi connectivity index (χ0) is 22.3. The van der Waals surface area contributed by atoms with Crippen LogP contribution < -0.4 is 4.90 Å². The summed E-state index contributed by atoms with van der Waals surface area (Å²) in [5, 5.41) is 0. The van der Waals surface area contributed by atoms with Gasteiger partial charge in [0.25, 0.3) is 0 Å². The van der Waals surface area contributed by atoms with Gasteiger partial charge in [0.05, 0.1) is 6.04 Å². The van der Waals surface area contributed by atoms with Gasteiger partial charge in [-0.15, -0.1) is 0 Å². The summed E-state index contributed by atoms with van der Waals surface area (Å²) in [5.41, 5.74) is 2.13. The fourth-order valence-electron chi connectivity index (χ4n) is 4.88. The van der Waals surface area contributed by atoms with E-state index in [1.54, 1.807) is 0 Å². The Balaban J connectivity index is 1.68. The highest BCUT2D eigenvalue weighted by Gasteiger charge is 2.22. The van der Waals surface area contributed by atoms with E-state index in [1.165, 1.54) is 89.2 Å². The fourth-order valence-corrected chi connectivity index (χ4v) is 4.88. The Morgan fingerprint density at radius 3 is 1.94 bits per heavy atom. The molecule has 1 fully saturated rings. The molecule has 0 saturated carbocycles. The molecule has 1 aliphatic heterocycles. The SMILES string of the molecule is CCCCCCCCCCCCN(C)C(CC)C(=O)c1ccc(N2CCCCC2)cc1. The lowest BCUT2D eigenvalue weighted by atomic mass is 9.99. The molecule has 0 radical (unpaired) electrons. The molecule has 31 heavy (non-hydrogen) atoms. The second-order valence-corrected chi connectivity index (χ2v) is 9.55. The normalized spacial score (nSPS) is 15.4. The van der Waals surface area contributed by atoms with E-state index in [0.29, 0.717) is 0 Å². The minimum Gasteiger partial charge on any atom is -0.372 e. The summed E-state index contributed by atoms with van der Waals surface area (Å²) in [6.07, 6.45) is 18.3. The second-order valence-electron chi connectivity index (χ2n) is 9.55. The van der Waals surface area contributed by atoms with Crippen molar-refractivity contribution in [2.75, 3.05) is 31.6 Å². The Morgan fingerprint density at radius 2 is 1.39 bits per heavy atom. The number of rotatable bonds is 16. The minimum atomic E-state index is -0.000553. The summed E-state index contributed by atoms with van der Waals surface area (Å²) in [6.45, 7) is 7.73. The Kier molecular flexibility index (Phi) is 12.9. The zero-order valence-electron chi connectivity index (χ0n) is 20.7. The van der Waals surface area contributed by atoms with E-state index in [9.17, 15) is 4.79 Å². The van der Waals surface area contributed by atoms with Gasteiger partial charge < -0.3 is 4.90 Å². The molecule has 176 valence electrons. The topological polar surface area (TPSA) is 23.6 Å². The summed E-state index contributed by atoms with van der Waals surface area (Å²) >= 11 is 0. The first kappa shape index (κ1) is 25.9. The smallest absolute Gasteiger partial charge is 0.179 e. The first-order chi connectivity index (χ1) is 15.2. The summed E-state index contributed by atoms with van der Waals surface area (Å²) in [5.74, 6) is 0.280. The molecular weight excluding hydrogens is 380 g/mol. The molecule has 1 aromatic rings. The Bertz CT molecular complexity index is 592. The fraction of sp³-hybridized carbons (Fsp3) is 0.750. The van der Waals surface area contributed by atoms with Crippen molar-refractivity contribution in [1.82, 2.24) is 4.90 Å². The van der Waals surface area contributed by atoms with Crippen LogP contribution in [0, 0.1) is 0 Å². The van der Waals surface area contributed by atoms with Gasteiger partial charge in [0, 0.05) is 24.3 Å². The monoisotopic (exact) mass is 428 g/mol. The van der Waals surface area contributed by atoms with Gasteiger partial charge >= 0.3 is 0 Å². The molecule has 1 unspecified atom stereocenters. The summed E-state index contributed by atoms with van der Waals surface area (Å²) in [4.78, 5) is 17.9. The van der Waals surface area contributed by atoms with Crippen LogP contribution in [0.3, 0.4) is 0 Å². The third-order valence-corrected chi connectivity index (χ3v) is 6.96. The predicted octanol–water partition coefficient (Wildman–Crippen LogP) is 7.49. The van der Waals surface area contributed by atoms with Gasteiger partial charge in [-0.25, -0.2) is 0 Å². The third kappa shape index (κ3) is 9.35. The number of likely N-dealkylation sites (N-methyl/N-ethyl adjacent to an activating group) is 1. The molecule has 1 saturated heterocycles. The minimum absolute atomic E-state index is 0.000553. The van der Waals surface area contributed by atoms with Crippen molar-refractivity contribution >= 4 is 11.5 Å². The van der Waals surface area contributed by atoms with Crippen LogP contribution in [0.4, 0.5) is 5.69 Å². The van der Waals surface area contributed by atoms with Gasteiger partial charge in [-0.05, 0) is 70.0 Å². The van der Waals surface area contributed by atoms with Crippen LogP contribution in [-0.4, -0.2) is 43.4 Å². The number of ketones is 1. The average Bonchev–Trinajstić information content (AvgIpc) is 2.81. The van der Waals surface area contributed by atoms with E-state index in [1.807, 2.05) is 12.1 Å². The van der Waals surface area contributed by atoms with Crippen LogP contribution in [0.2, 0.25) is 0 Å². The third-order valence-electron chi connectivity index (χ3n) is 6.96. The van der Waals surface area contributed by atoms with Gasteiger partial charge in [-0.2, -0.15) is 0 Å². The van der Waals surface area contributed by atoms with Crippen molar-refractivity contribution in [2.45, 2.75) is 110 Å². The van der Waals surface area contributed by atoms with Crippen LogP contribution in [0.15, 0.2) is 24.3 Å². The van der Waals surface area contributed by atoms with Crippen molar-refractivity contribution in [2.24, 2.45) is 0 Å². The summed E-state index contributed by atoms with van der Waals surface area (Å²) in [6, 6.07) is 8.38. The van der Waals surface area contributed by atoms with Crippen LogP contribution >= 0.6 is 0 Å². The highest BCUT2D eigenvalue weighted by Crippen LogP contribution is 2.22. The summed E-state index contributed by atoms with van der Waals surface area (Å²) < 4.78 is 0. The molecule has 3 nitrogen and oxygen atoms in total. The first-order valence-corrected chi connectivity index (χ1v) is 13.3. The van der Waals surface area contributed by atoms with E-state index < -0.39 is 0 Å². The maximum absolute atomic E-state index is 13.1. The molecule has 1 aliphatic rings. The number of piperidine rings is 1. The Hall–Kier alpha value is -1.35. The molecule has 3 heteroatoms. The number of carbonyl (C=O) groups excluding carboxylic acids is 1. The Labute approximate surface area is 192 Å². The molecule has 0 aliphatic carbocycles. The molecule has 1 atom stereocenters. The number of hydrogen-bond acceptors (Lipinski definition) is 3. The van der Waals surface area contributed by atoms with Crippen LogP contribution in [0.5, 0.6) is 0 Å². The number of unbranched alkanes of at least 4 members (excludes halogenated alkanes) is 9. The molecule has 0 bridgehead atoms. The highest BCUT2D eigenvalue weighted by molar-refractivity contribution is 6.00. The zero-order valence-corrected chi connectivity index (χ0v) is 20.7. The lowest BCUT2D eigenvalue weighted by molar-refractivity contribution is 0.0844. The van der Waals surface area contributed by atoms with Gasteiger partial charge in [-0.1, -0.05) is 71.6 Å². The van der Waals surface area contributed by atoms with E-state index in [2.05, 4.69) is 42.8 Å². The van der Waals surface area contributed by atoms with E-state index >= 15 is 0 Å². The lowest BCUT2D eigenvalue weighted by Gasteiger charge is -2.29. The molecule has 0 N–H and O–H groups in total. The number of nitrogens with zero attached hydrogens (tertiary/aromatic N) is 2. The number of anilines is 1. The van der Waals surface area contributed by atoms with Crippen molar-refractivity contribution < 1.29 is 4.79 Å². The number of benzene rings is 1. The molecule has 0 aromatic heterocycles. The van der Waals surface area contributed by atoms with Gasteiger partial charge in [0.15, 0.2) is 5.78 Å². The number of Topliss-reactive ketones (excluding diaryl/α,β-unsaturated/α-hetero) is 1. The highest BCUT2D eigenvalue weighted by atomic mass is 16.1. The van der Waals surface area contributed by atoms with E-state index in [-0.39, 0.29) is 11.8 Å². The Morgan fingerprint density at radius 1 is 0.839 bits per heavy atom. The van der Waals surface area contributed by atoms with Gasteiger partial charge in [0.2, 0.25) is 0 Å². The van der Waals surface area contributed by atoms with Crippen molar-refractivity contribution in [3.05, 3.63) is 29.8 Å². The molecule has 1 aromatic carbocycles. The van der Waals surface area contributed by atoms with E-state index in [4.69, 9.17) is 0 Å². The van der Waals surface area contributed by atoms with Crippen molar-refractivity contribution in [3.63, 3.8) is 0 Å². The quantitative estimate of drug-likeness (QED) is 0.201. The maximum atomic E-state index is 13.1. The first-order valence-electron chi connectivity index (χ1n) is 13.3. The molecule has 0 spiro atoms. The van der Waals surface area contributed by atoms with Crippen LogP contribution in [-0.2, 0) is 0 Å². The molecule has 2 rings (SSSR count). The van der Waals surface area contributed by atoms with Crippen molar-refractivity contribution in [1.29, 1.82) is 0 Å². The van der Waals surface area contributed by atoms with Gasteiger partial charge in [-0.3, -0.25) is 9.69 Å². The number of hydrogen-bond donors (Lipinski definition) is 0.